The van der Waals surface area contributed by atoms with Gasteiger partial charge in [-0.05, 0) is 47.5 Å². The minimum atomic E-state index is -4.77. The fraction of sp³-hybridized carbons (Fsp3) is 0.167. The van der Waals surface area contributed by atoms with Crippen molar-refractivity contribution in [3.05, 3.63) is 69.2 Å². The van der Waals surface area contributed by atoms with E-state index in [2.05, 4.69) is 0 Å². The molecule has 1 N–H and O–H groups in total. The average Bonchev–Trinajstić information content (AvgIpc) is 2.54. The second-order valence-electron chi connectivity index (χ2n) is 5.81. The summed E-state index contributed by atoms with van der Waals surface area (Å²) in [6, 6.07) is 8.45. The molecule has 1 aliphatic heterocycles. The van der Waals surface area contributed by atoms with Gasteiger partial charge >= 0.3 is 12.1 Å². The molecule has 0 radical (unpaired) electrons. The van der Waals surface area contributed by atoms with Gasteiger partial charge in [0.2, 0.25) is 0 Å². The van der Waals surface area contributed by atoms with Crippen molar-refractivity contribution in [1.82, 2.24) is 0 Å². The monoisotopic (exact) mass is 401 g/mol. The number of halogens is 5. The molecule has 2 aromatic carbocycles. The third-order valence-electron chi connectivity index (χ3n) is 4.04. The van der Waals surface area contributed by atoms with Crippen LogP contribution in [-0.4, -0.2) is 23.3 Å². The largest absolute Gasteiger partial charge is 0.478 e. The highest BCUT2D eigenvalue weighted by atomic mass is 35.5. The third kappa shape index (κ3) is 3.66. The van der Waals surface area contributed by atoms with Crippen LogP contribution in [0.5, 0.6) is 0 Å². The number of alkyl halides is 3. The summed E-state index contributed by atoms with van der Waals surface area (Å²) in [7, 11) is 0. The Kier molecular flexibility index (Phi) is 4.90. The molecule has 3 nitrogen and oxygen atoms in total. The predicted molar refractivity (Wildman–Crippen MR) is 94.5 cm³/mol. The molecule has 26 heavy (non-hydrogen) atoms. The molecule has 0 fully saturated rings. The SMILES string of the molecule is O=C(O)C1=Cc2cc(Cl)ccc2N(Cc2ccc(Cl)cc2)C1C(F)(F)F. The van der Waals surface area contributed by atoms with E-state index in [4.69, 9.17) is 23.2 Å². The number of hydrogen-bond acceptors (Lipinski definition) is 2. The van der Waals surface area contributed by atoms with Crippen molar-refractivity contribution in [2.24, 2.45) is 0 Å². The molecule has 2 aromatic rings. The Morgan fingerprint density at radius 2 is 1.69 bits per heavy atom. The van der Waals surface area contributed by atoms with Crippen LogP contribution < -0.4 is 4.90 Å². The minimum Gasteiger partial charge on any atom is -0.478 e. The standard InChI is InChI=1S/C18H12Cl2F3NO2/c19-12-3-1-10(2-4-12)9-24-15-6-5-13(20)7-11(15)8-14(17(25)26)16(24)18(21,22)23/h1-8,16H,9H2,(H,25,26). The van der Waals surface area contributed by atoms with Crippen molar-refractivity contribution in [3.8, 4) is 0 Å². The van der Waals surface area contributed by atoms with Crippen molar-refractivity contribution < 1.29 is 23.1 Å². The number of anilines is 1. The molecule has 1 heterocycles. The Morgan fingerprint density at radius 1 is 1.08 bits per heavy atom. The molecule has 0 spiro atoms. The molecule has 0 amide bonds. The molecule has 0 aliphatic carbocycles. The van der Waals surface area contributed by atoms with E-state index in [9.17, 15) is 23.1 Å². The lowest BCUT2D eigenvalue weighted by molar-refractivity contribution is -0.150. The van der Waals surface area contributed by atoms with E-state index in [1.54, 1.807) is 24.3 Å². The van der Waals surface area contributed by atoms with Crippen LogP contribution in [0.2, 0.25) is 10.0 Å². The molecule has 1 aliphatic rings. The third-order valence-corrected chi connectivity index (χ3v) is 4.53. The zero-order valence-corrected chi connectivity index (χ0v) is 14.6. The molecular weight excluding hydrogens is 390 g/mol. The lowest BCUT2D eigenvalue weighted by Crippen LogP contribution is -2.50. The molecule has 0 bridgehead atoms. The molecule has 0 aromatic heterocycles. The van der Waals surface area contributed by atoms with Gasteiger partial charge in [0.1, 0.15) is 0 Å². The fourth-order valence-electron chi connectivity index (χ4n) is 2.95. The van der Waals surface area contributed by atoms with Crippen LogP contribution in [0.15, 0.2) is 48.0 Å². The van der Waals surface area contributed by atoms with Gasteiger partial charge in [-0.15, -0.1) is 0 Å². The molecule has 0 saturated carbocycles. The van der Waals surface area contributed by atoms with Crippen molar-refractivity contribution >= 4 is 40.9 Å². The Bertz CT molecular complexity index is 879. The summed E-state index contributed by atoms with van der Waals surface area (Å²) in [4.78, 5) is 12.5. The molecular formula is C18H12Cl2F3NO2. The number of carbonyl (C=O) groups is 1. The lowest BCUT2D eigenvalue weighted by Gasteiger charge is -2.39. The first kappa shape index (κ1) is 18.6. The van der Waals surface area contributed by atoms with Crippen LogP contribution in [0.4, 0.5) is 18.9 Å². The van der Waals surface area contributed by atoms with Crippen molar-refractivity contribution in [3.63, 3.8) is 0 Å². The maximum atomic E-state index is 13.7. The van der Waals surface area contributed by atoms with Crippen molar-refractivity contribution in [1.29, 1.82) is 0 Å². The highest BCUT2D eigenvalue weighted by Crippen LogP contribution is 2.41. The van der Waals surface area contributed by atoms with Gasteiger partial charge in [0.15, 0.2) is 6.04 Å². The van der Waals surface area contributed by atoms with Gasteiger partial charge in [0.05, 0.1) is 5.57 Å². The molecule has 136 valence electrons. The Labute approximate surface area is 157 Å². The van der Waals surface area contributed by atoms with E-state index in [1.807, 2.05) is 0 Å². The number of benzene rings is 2. The quantitative estimate of drug-likeness (QED) is 0.746. The maximum Gasteiger partial charge on any atom is 0.413 e. The summed E-state index contributed by atoms with van der Waals surface area (Å²) in [5.41, 5.74) is 0.401. The lowest BCUT2D eigenvalue weighted by atomic mass is 9.94. The molecule has 3 rings (SSSR count). The summed E-state index contributed by atoms with van der Waals surface area (Å²) in [6.45, 7) is -0.138. The second kappa shape index (κ2) is 6.85. The normalized spacial score (nSPS) is 16.9. The smallest absolute Gasteiger partial charge is 0.413 e. The van der Waals surface area contributed by atoms with E-state index in [0.29, 0.717) is 21.2 Å². The zero-order chi connectivity index (χ0) is 19.1. The highest BCUT2D eigenvalue weighted by molar-refractivity contribution is 6.31. The highest BCUT2D eigenvalue weighted by Gasteiger charge is 2.50. The van der Waals surface area contributed by atoms with Gasteiger partial charge < -0.3 is 10.0 Å². The summed E-state index contributed by atoms with van der Waals surface area (Å²) in [5, 5.41) is 10.1. The Hall–Kier alpha value is -2.18. The Morgan fingerprint density at radius 3 is 2.27 bits per heavy atom. The van der Waals surface area contributed by atoms with Crippen molar-refractivity contribution in [2.45, 2.75) is 18.8 Å². The number of aliphatic carboxylic acids is 1. The number of hydrogen-bond donors (Lipinski definition) is 1. The van der Waals surface area contributed by atoms with Gasteiger partial charge in [-0.1, -0.05) is 35.3 Å². The first-order chi connectivity index (χ1) is 12.2. The van der Waals surface area contributed by atoms with Crippen molar-refractivity contribution in [2.75, 3.05) is 4.90 Å². The van der Waals surface area contributed by atoms with Crippen LogP contribution in [0, 0.1) is 0 Å². The minimum absolute atomic E-state index is 0.138. The second-order valence-corrected chi connectivity index (χ2v) is 6.68. The van der Waals surface area contributed by atoms with Crippen LogP contribution in [0.1, 0.15) is 11.1 Å². The fourth-order valence-corrected chi connectivity index (χ4v) is 3.26. The van der Waals surface area contributed by atoms with E-state index < -0.39 is 23.8 Å². The topological polar surface area (TPSA) is 40.5 Å². The zero-order valence-electron chi connectivity index (χ0n) is 13.1. The first-order valence-corrected chi connectivity index (χ1v) is 8.24. The number of nitrogens with zero attached hydrogens (tertiary/aromatic N) is 1. The number of carboxylic acid groups (broad SMARTS) is 1. The number of rotatable bonds is 3. The van der Waals surface area contributed by atoms with Gasteiger partial charge in [0, 0.05) is 22.3 Å². The molecule has 0 saturated heterocycles. The van der Waals surface area contributed by atoms with Gasteiger partial charge in [-0.25, -0.2) is 4.79 Å². The first-order valence-electron chi connectivity index (χ1n) is 7.49. The van der Waals surface area contributed by atoms with Crippen LogP contribution >= 0.6 is 23.2 Å². The number of fused-ring (bicyclic) bond motifs is 1. The molecule has 1 atom stereocenters. The summed E-state index contributed by atoms with van der Waals surface area (Å²) in [6.07, 6.45) is -3.74. The van der Waals surface area contributed by atoms with Crippen LogP contribution in [0.3, 0.4) is 0 Å². The maximum absolute atomic E-state index is 13.7. The average molecular weight is 402 g/mol. The molecule has 8 heteroatoms. The van der Waals surface area contributed by atoms with E-state index in [0.717, 1.165) is 11.0 Å². The summed E-state index contributed by atoms with van der Waals surface area (Å²) in [5.74, 6) is -1.63. The van der Waals surface area contributed by atoms with Gasteiger partial charge in [-0.2, -0.15) is 13.2 Å². The van der Waals surface area contributed by atoms with Gasteiger partial charge in [-0.3, -0.25) is 0 Å². The van der Waals surface area contributed by atoms with E-state index in [1.165, 1.54) is 18.2 Å². The van der Waals surface area contributed by atoms with E-state index in [-0.39, 0.29) is 12.2 Å². The van der Waals surface area contributed by atoms with Crippen LogP contribution in [0.25, 0.3) is 6.08 Å². The van der Waals surface area contributed by atoms with Crippen LogP contribution in [-0.2, 0) is 11.3 Å². The summed E-state index contributed by atoms with van der Waals surface area (Å²) < 4.78 is 41.2. The Balaban J connectivity index is 2.15. The molecule has 1 unspecified atom stereocenters. The van der Waals surface area contributed by atoms with E-state index >= 15 is 0 Å². The number of carboxylic acids is 1. The summed E-state index contributed by atoms with van der Waals surface area (Å²) >= 11 is 11.7. The van der Waals surface area contributed by atoms with Gasteiger partial charge in [0.25, 0.3) is 0 Å². The predicted octanol–water partition coefficient (Wildman–Crippen LogP) is 5.41.